The highest BCUT2D eigenvalue weighted by Gasteiger charge is 2.12. The van der Waals surface area contributed by atoms with Crippen LogP contribution in [0, 0.1) is 0 Å². The van der Waals surface area contributed by atoms with E-state index in [1.54, 1.807) is 12.1 Å². The lowest BCUT2D eigenvalue weighted by molar-refractivity contribution is -0.118. The molecule has 0 aliphatic heterocycles. The number of fused-ring (bicyclic) bond motifs is 1. The van der Waals surface area contributed by atoms with E-state index in [4.69, 9.17) is 16.3 Å². The van der Waals surface area contributed by atoms with Gasteiger partial charge in [0.2, 0.25) is 0 Å². The molecule has 4 heteroatoms. The summed E-state index contributed by atoms with van der Waals surface area (Å²) >= 11 is 6.23. The fraction of sp³-hybridized carbons (Fsp3) is 0.227. The maximum absolute atomic E-state index is 12.5. The van der Waals surface area contributed by atoms with Crippen LogP contribution in [0.3, 0.4) is 0 Å². The van der Waals surface area contributed by atoms with E-state index in [-0.39, 0.29) is 12.5 Å². The summed E-state index contributed by atoms with van der Waals surface area (Å²) in [6.45, 7) is 4.12. The molecule has 0 aliphatic rings. The highest BCUT2D eigenvalue weighted by atomic mass is 35.5. The Labute approximate surface area is 158 Å². The van der Waals surface area contributed by atoms with Gasteiger partial charge in [-0.25, -0.2) is 0 Å². The van der Waals surface area contributed by atoms with Gasteiger partial charge < -0.3 is 10.1 Å². The van der Waals surface area contributed by atoms with Gasteiger partial charge in [-0.2, -0.15) is 0 Å². The van der Waals surface area contributed by atoms with Crippen molar-refractivity contribution in [3.63, 3.8) is 0 Å². The molecule has 0 saturated heterocycles. The number of anilines is 1. The molecule has 0 saturated carbocycles. The van der Waals surface area contributed by atoms with Gasteiger partial charge in [-0.05, 0) is 36.1 Å². The number of halogens is 1. The van der Waals surface area contributed by atoms with Crippen molar-refractivity contribution in [2.75, 3.05) is 11.9 Å². The predicted molar refractivity (Wildman–Crippen MR) is 108 cm³/mol. The first-order chi connectivity index (χ1) is 12.6. The van der Waals surface area contributed by atoms with Crippen LogP contribution in [-0.4, -0.2) is 12.5 Å². The number of benzene rings is 3. The van der Waals surface area contributed by atoms with Gasteiger partial charge in [-0.15, -0.1) is 0 Å². The average Bonchev–Trinajstić information content (AvgIpc) is 2.68. The summed E-state index contributed by atoms with van der Waals surface area (Å²) in [5.41, 5.74) is 3.18. The van der Waals surface area contributed by atoms with Crippen LogP contribution in [0.2, 0.25) is 5.02 Å². The number of rotatable bonds is 6. The Balaban J connectivity index is 1.76. The molecule has 134 valence electrons. The first kappa shape index (κ1) is 18.3. The summed E-state index contributed by atoms with van der Waals surface area (Å²) in [4.78, 5) is 12.5. The number of hydrogen-bond donors (Lipinski definition) is 1. The molecule has 26 heavy (non-hydrogen) atoms. The molecule has 0 radical (unpaired) electrons. The minimum atomic E-state index is -0.167. The van der Waals surface area contributed by atoms with Gasteiger partial charge in [0.15, 0.2) is 6.61 Å². The van der Waals surface area contributed by atoms with Crippen molar-refractivity contribution in [1.29, 1.82) is 0 Å². The predicted octanol–water partition coefficient (Wildman–Crippen LogP) is 5.64. The summed E-state index contributed by atoms with van der Waals surface area (Å²) in [5.74, 6) is 0.485. The summed E-state index contributed by atoms with van der Waals surface area (Å²) in [6, 6.07) is 17.4. The summed E-state index contributed by atoms with van der Waals surface area (Å²) < 4.78 is 5.78. The lowest BCUT2D eigenvalue weighted by Crippen LogP contribution is -2.21. The molecule has 0 bridgehead atoms. The van der Waals surface area contributed by atoms with E-state index in [1.807, 2.05) is 42.5 Å². The molecule has 3 nitrogen and oxygen atoms in total. The van der Waals surface area contributed by atoms with Crippen molar-refractivity contribution in [2.45, 2.75) is 26.7 Å². The van der Waals surface area contributed by atoms with Gasteiger partial charge in [-0.3, -0.25) is 4.79 Å². The summed E-state index contributed by atoms with van der Waals surface area (Å²) in [5, 5.41) is 5.50. The van der Waals surface area contributed by atoms with Crippen molar-refractivity contribution in [1.82, 2.24) is 0 Å². The molecule has 0 heterocycles. The van der Waals surface area contributed by atoms with Crippen LogP contribution in [-0.2, 0) is 17.6 Å². The van der Waals surface area contributed by atoms with Gasteiger partial charge in [0, 0.05) is 21.5 Å². The van der Waals surface area contributed by atoms with Crippen LogP contribution in [0.5, 0.6) is 5.75 Å². The fourth-order valence-corrected chi connectivity index (χ4v) is 3.31. The zero-order valence-electron chi connectivity index (χ0n) is 15.0. The molecule has 1 amide bonds. The van der Waals surface area contributed by atoms with Crippen LogP contribution in [0.15, 0.2) is 54.6 Å². The number of para-hydroxylation sites is 1. The molecule has 0 aliphatic carbocycles. The van der Waals surface area contributed by atoms with Crippen molar-refractivity contribution in [2.24, 2.45) is 0 Å². The number of ether oxygens (including phenoxy) is 1. The molecule has 0 aromatic heterocycles. The number of hydrogen-bond acceptors (Lipinski definition) is 2. The zero-order valence-corrected chi connectivity index (χ0v) is 15.8. The molecule has 0 spiro atoms. The van der Waals surface area contributed by atoms with E-state index >= 15 is 0 Å². The molecule has 0 atom stereocenters. The Bertz CT molecular complexity index is 914. The highest BCUT2D eigenvalue weighted by Crippen LogP contribution is 2.31. The SMILES string of the molecule is CCc1cccc(CC)c1NC(=O)COc1ccc(Cl)c2ccccc12. The van der Waals surface area contributed by atoms with Crippen LogP contribution in [0.1, 0.15) is 25.0 Å². The topological polar surface area (TPSA) is 38.3 Å². The molecular weight excluding hydrogens is 346 g/mol. The number of aryl methyl sites for hydroxylation is 2. The summed E-state index contributed by atoms with van der Waals surface area (Å²) in [7, 11) is 0. The van der Waals surface area contributed by atoms with Crippen molar-refractivity contribution in [3.05, 3.63) is 70.7 Å². The Hall–Kier alpha value is -2.52. The van der Waals surface area contributed by atoms with Crippen molar-refractivity contribution >= 4 is 34.0 Å². The fourth-order valence-electron chi connectivity index (χ4n) is 3.08. The zero-order chi connectivity index (χ0) is 18.5. The molecule has 0 fully saturated rings. The molecule has 3 aromatic rings. The second-order valence-corrected chi connectivity index (χ2v) is 6.49. The van der Waals surface area contributed by atoms with Gasteiger partial charge in [0.25, 0.3) is 5.91 Å². The van der Waals surface area contributed by atoms with Crippen LogP contribution < -0.4 is 10.1 Å². The summed E-state index contributed by atoms with van der Waals surface area (Å²) in [6.07, 6.45) is 1.73. The number of nitrogens with one attached hydrogen (secondary N) is 1. The molecule has 3 rings (SSSR count). The number of carbonyl (C=O) groups excluding carboxylic acids is 1. The van der Waals surface area contributed by atoms with Gasteiger partial charge in [-0.1, -0.05) is 67.9 Å². The van der Waals surface area contributed by atoms with Gasteiger partial charge in [0.05, 0.1) is 0 Å². The number of amides is 1. The Kier molecular flexibility index (Phi) is 5.79. The minimum Gasteiger partial charge on any atom is -0.483 e. The number of carbonyl (C=O) groups is 1. The smallest absolute Gasteiger partial charge is 0.262 e. The lowest BCUT2D eigenvalue weighted by Gasteiger charge is -2.15. The third-order valence-electron chi connectivity index (χ3n) is 4.45. The maximum atomic E-state index is 12.5. The van der Waals surface area contributed by atoms with Gasteiger partial charge in [0.1, 0.15) is 5.75 Å². The Morgan fingerprint density at radius 1 is 0.923 bits per heavy atom. The molecule has 3 aromatic carbocycles. The van der Waals surface area contributed by atoms with E-state index in [0.717, 1.165) is 40.4 Å². The minimum absolute atomic E-state index is 0.0488. The highest BCUT2D eigenvalue weighted by molar-refractivity contribution is 6.35. The monoisotopic (exact) mass is 367 g/mol. The van der Waals surface area contributed by atoms with Crippen LogP contribution in [0.25, 0.3) is 10.8 Å². The standard InChI is InChI=1S/C22H22ClNO2/c1-3-15-8-7-9-16(4-2)22(15)24-21(25)14-26-20-13-12-19(23)17-10-5-6-11-18(17)20/h5-13H,3-4,14H2,1-2H3,(H,24,25). The average molecular weight is 368 g/mol. The van der Waals surface area contributed by atoms with Crippen LogP contribution in [0.4, 0.5) is 5.69 Å². The molecule has 1 N–H and O–H groups in total. The lowest BCUT2D eigenvalue weighted by atomic mass is 10.0. The first-order valence-electron chi connectivity index (χ1n) is 8.84. The van der Waals surface area contributed by atoms with Crippen molar-refractivity contribution < 1.29 is 9.53 Å². The van der Waals surface area contributed by atoms with Crippen LogP contribution >= 0.6 is 11.6 Å². The van der Waals surface area contributed by atoms with E-state index in [1.165, 1.54) is 0 Å². The molecule has 0 unspecified atom stereocenters. The van der Waals surface area contributed by atoms with Gasteiger partial charge >= 0.3 is 0 Å². The van der Waals surface area contributed by atoms with E-state index in [2.05, 4.69) is 19.2 Å². The second kappa shape index (κ2) is 8.24. The quantitative estimate of drug-likeness (QED) is 0.612. The third-order valence-corrected chi connectivity index (χ3v) is 4.78. The second-order valence-electron chi connectivity index (χ2n) is 6.09. The Morgan fingerprint density at radius 2 is 1.58 bits per heavy atom. The Morgan fingerprint density at radius 3 is 2.23 bits per heavy atom. The largest absolute Gasteiger partial charge is 0.483 e. The normalized spacial score (nSPS) is 10.7. The van der Waals surface area contributed by atoms with Crippen molar-refractivity contribution in [3.8, 4) is 5.75 Å². The molecular formula is C22H22ClNO2. The van der Waals surface area contributed by atoms with E-state index in [0.29, 0.717) is 10.8 Å². The first-order valence-corrected chi connectivity index (χ1v) is 9.22. The van der Waals surface area contributed by atoms with E-state index < -0.39 is 0 Å². The van der Waals surface area contributed by atoms with E-state index in [9.17, 15) is 4.79 Å². The maximum Gasteiger partial charge on any atom is 0.262 e. The third kappa shape index (κ3) is 3.83.